The quantitative estimate of drug-likeness (QED) is 0.775. The molecular weight excluding hydrogens is 380 g/mol. The van der Waals surface area contributed by atoms with Crippen molar-refractivity contribution in [3.63, 3.8) is 0 Å². The fourth-order valence-electron chi connectivity index (χ4n) is 3.59. The van der Waals surface area contributed by atoms with Gasteiger partial charge in [-0.05, 0) is 50.5 Å². The fourth-order valence-corrected chi connectivity index (χ4v) is 3.78. The number of carbonyl (C=O) groups excluding carboxylic acids is 2. The minimum atomic E-state index is -0.319. The second-order valence-electron chi connectivity index (χ2n) is 7.19. The summed E-state index contributed by atoms with van der Waals surface area (Å²) in [6.45, 7) is 5.15. The number of amides is 2. The Balaban J connectivity index is 1.59. The van der Waals surface area contributed by atoms with Crippen LogP contribution in [0.5, 0.6) is 0 Å². The van der Waals surface area contributed by atoms with E-state index in [9.17, 15) is 9.59 Å². The number of aryl methyl sites for hydroxylation is 2. The molecule has 2 heterocycles. The summed E-state index contributed by atoms with van der Waals surface area (Å²) in [5.41, 5.74) is 1.32. The molecule has 0 atom stereocenters. The average Bonchev–Trinajstić information content (AvgIpc) is 3.03. The highest BCUT2D eigenvalue weighted by atomic mass is 35.5. The molecule has 6 nitrogen and oxygen atoms in total. The Hall–Kier alpha value is -2.31. The molecule has 0 unspecified atom stereocenters. The minimum Gasteiger partial charge on any atom is -0.466 e. The molecule has 0 radical (unpaired) electrons. The van der Waals surface area contributed by atoms with Crippen LogP contribution in [0, 0.1) is 13.8 Å². The molecule has 3 rings (SSSR count). The number of benzene rings is 1. The van der Waals surface area contributed by atoms with Gasteiger partial charge in [0.1, 0.15) is 11.5 Å². The lowest BCUT2D eigenvalue weighted by atomic mass is 9.74. The van der Waals surface area contributed by atoms with Crippen LogP contribution in [0.3, 0.4) is 0 Å². The highest BCUT2D eigenvalue weighted by molar-refractivity contribution is 6.30. The minimum absolute atomic E-state index is 0.0926. The maximum absolute atomic E-state index is 12.3. The molecule has 7 heteroatoms. The zero-order valence-electron chi connectivity index (χ0n) is 16.1. The second kappa shape index (κ2) is 8.80. The summed E-state index contributed by atoms with van der Waals surface area (Å²) < 4.78 is 10.9. The summed E-state index contributed by atoms with van der Waals surface area (Å²) in [6, 6.07) is 9.41. The summed E-state index contributed by atoms with van der Waals surface area (Å²) in [5.74, 6) is 0.645. The van der Waals surface area contributed by atoms with Gasteiger partial charge in [-0.2, -0.15) is 0 Å². The largest absolute Gasteiger partial charge is 0.466 e. The van der Waals surface area contributed by atoms with E-state index in [0.29, 0.717) is 41.9 Å². The van der Waals surface area contributed by atoms with Gasteiger partial charge < -0.3 is 19.8 Å². The van der Waals surface area contributed by atoms with Gasteiger partial charge in [0.05, 0.1) is 12.1 Å². The monoisotopic (exact) mass is 404 g/mol. The van der Waals surface area contributed by atoms with Gasteiger partial charge >= 0.3 is 0 Å². The predicted octanol–water partition coefficient (Wildman–Crippen LogP) is 3.14. The van der Waals surface area contributed by atoms with E-state index >= 15 is 0 Å². The number of halogens is 1. The first-order valence-corrected chi connectivity index (χ1v) is 9.73. The molecule has 2 N–H and O–H groups in total. The Morgan fingerprint density at radius 1 is 1.14 bits per heavy atom. The first-order valence-electron chi connectivity index (χ1n) is 9.35. The molecule has 1 aromatic carbocycles. The van der Waals surface area contributed by atoms with Crippen molar-refractivity contribution in [2.24, 2.45) is 0 Å². The summed E-state index contributed by atoms with van der Waals surface area (Å²) in [4.78, 5) is 24.6. The maximum Gasteiger partial charge on any atom is 0.255 e. The Morgan fingerprint density at radius 2 is 1.89 bits per heavy atom. The van der Waals surface area contributed by atoms with Crippen molar-refractivity contribution in [2.75, 3.05) is 26.3 Å². The van der Waals surface area contributed by atoms with E-state index in [1.54, 1.807) is 19.9 Å². The molecule has 150 valence electrons. The number of nitrogens with one attached hydrogen (secondary N) is 2. The third-order valence-corrected chi connectivity index (χ3v) is 5.44. The van der Waals surface area contributed by atoms with Crippen molar-refractivity contribution in [1.29, 1.82) is 0 Å². The van der Waals surface area contributed by atoms with Crippen molar-refractivity contribution in [3.05, 3.63) is 58.0 Å². The molecule has 1 fully saturated rings. The number of furan rings is 1. The normalized spacial score (nSPS) is 15.8. The number of hydrogen-bond acceptors (Lipinski definition) is 4. The molecule has 0 saturated carbocycles. The van der Waals surface area contributed by atoms with Crippen LogP contribution in [-0.2, 0) is 14.9 Å². The molecule has 2 aromatic rings. The zero-order chi connectivity index (χ0) is 20.1. The number of hydrogen-bond donors (Lipinski definition) is 2. The number of rotatable bonds is 6. The molecule has 1 aliphatic heterocycles. The van der Waals surface area contributed by atoms with Crippen LogP contribution in [0.15, 0.2) is 34.7 Å². The first-order chi connectivity index (χ1) is 13.4. The van der Waals surface area contributed by atoms with E-state index in [1.165, 1.54) is 0 Å². The molecule has 0 spiro atoms. The molecule has 1 saturated heterocycles. The van der Waals surface area contributed by atoms with E-state index in [1.807, 2.05) is 24.3 Å². The summed E-state index contributed by atoms with van der Waals surface area (Å²) in [7, 11) is 0. The third-order valence-electron chi connectivity index (χ3n) is 5.21. The average molecular weight is 405 g/mol. The molecule has 1 aliphatic rings. The lowest BCUT2D eigenvalue weighted by Gasteiger charge is -2.38. The lowest BCUT2D eigenvalue weighted by molar-refractivity contribution is -0.120. The Morgan fingerprint density at radius 3 is 2.54 bits per heavy atom. The van der Waals surface area contributed by atoms with Gasteiger partial charge in [0.2, 0.25) is 5.91 Å². The van der Waals surface area contributed by atoms with Gasteiger partial charge in [-0.3, -0.25) is 9.59 Å². The molecule has 2 amide bonds. The number of ether oxygens (including phenoxy) is 1. The van der Waals surface area contributed by atoms with Gasteiger partial charge in [0.25, 0.3) is 5.91 Å². The Bertz CT molecular complexity index is 856. The van der Waals surface area contributed by atoms with Crippen molar-refractivity contribution < 1.29 is 18.7 Å². The third kappa shape index (κ3) is 4.75. The Kier molecular flexibility index (Phi) is 6.42. The van der Waals surface area contributed by atoms with Crippen molar-refractivity contribution in [2.45, 2.75) is 32.1 Å². The Labute approximate surface area is 169 Å². The van der Waals surface area contributed by atoms with E-state index in [4.69, 9.17) is 20.8 Å². The van der Waals surface area contributed by atoms with Crippen molar-refractivity contribution >= 4 is 23.4 Å². The molecular formula is C21H25ClN2O4. The molecule has 0 aliphatic carbocycles. The highest BCUT2D eigenvalue weighted by Crippen LogP contribution is 2.35. The van der Waals surface area contributed by atoms with Crippen LogP contribution in [-0.4, -0.2) is 38.1 Å². The van der Waals surface area contributed by atoms with E-state index in [2.05, 4.69) is 10.6 Å². The van der Waals surface area contributed by atoms with Crippen LogP contribution < -0.4 is 10.6 Å². The van der Waals surface area contributed by atoms with Crippen LogP contribution in [0.2, 0.25) is 5.02 Å². The van der Waals surface area contributed by atoms with E-state index in [-0.39, 0.29) is 23.8 Å². The van der Waals surface area contributed by atoms with Gasteiger partial charge in [-0.1, -0.05) is 23.7 Å². The molecule has 1 aromatic heterocycles. The summed E-state index contributed by atoms with van der Waals surface area (Å²) in [6.07, 6.45) is 1.60. The van der Waals surface area contributed by atoms with Crippen molar-refractivity contribution in [1.82, 2.24) is 10.6 Å². The van der Waals surface area contributed by atoms with Crippen LogP contribution in [0.4, 0.5) is 0 Å². The topological polar surface area (TPSA) is 80.6 Å². The van der Waals surface area contributed by atoms with Crippen LogP contribution in [0.25, 0.3) is 0 Å². The highest BCUT2D eigenvalue weighted by Gasteiger charge is 2.35. The van der Waals surface area contributed by atoms with Crippen LogP contribution >= 0.6 is 11.6 Å². The standard InChI is InChI=1S/C21H25ClN2O4/c1-14-10-18(15(2)28-14)20(26)23-12-19(25)24-13-21(6-8-27-9-7-21)16-4-3-5-17(22)11-16/h3-5,10-11H,6-9,12-13H2,1-2H3,(H,23,26)(H,24,25). The first kappa shape index (κ1) is 20.4. The van der Waals surface area contributed by atoms with Gasteiger partial charge in [-0.25, -0.2) is 0 Å². The van der Waals surface area contributed by atoms with Gasteiger partial charge in [0.15, 0.2) is 0 Å². The lowest BCUT2D eigenvalue weighted by Crippen LogP contribution is -2.47. The van der Waals surface area contributed by atoms with E-state index < -0.39 is 0 Å². The van der Waals surface area contributed by atoms with Gasteiger partial charge in [-0.15, -0.1) is 0 Å². The van der Waals surface area contributed by atoms with Crippen molar-refractivity contribution in [3.8, 4) is 0 Å². The summed E-state index contributed by atoms with van der Waals surface area (Å²) in [5, 5.41) is 6.28. The predicted molar refractivity (Wildman–Crippen MR) is 107 cm³/mol. The molecule has 28 heavy (non-hydrogen) atoms. The maximum atomic E-state index is 12.3. The van der Waals surface area contributed by atoms with Gasteiger partial charge in [0, 0.05) is 30.2 Å². The fraction of sp³-hybridized carbons (Fsp3) is 0.429. The second-order valence-corrected chi connectivity index (χ2v) is 7.63. The molecule has 0 bridgehead atoms. The van der Waals surface area contributed by atoms with E-state index in [0.717, 1.165) is 18.4 Å². The summed E-state index contributed by atoms with van der Waals surface area (Å²) >= 11 is 6.17. The smallest absolute Gasteiger partial charge is 0.255 e. The number of carbonyl (C=O) groups is 2. The zero-order valence-corrected chi connectivity index (χ0v) is 16.9. The SMILES string of the molecule is Cc1cc(C(=O)NCC(=O)NCC2(c3cccc(Cl)c3)CCOCC2)c(C)o1. The van der Waals surface area contributed by atoms with Crippen LogP contribution in [0.1, 0.15) is 40.3 Å².